The SMILES string of the molecule is CN(C)c1ccc(C=NNc2ncnc(Cl)c2N)cc1. The van der Waals surface area contributed by atoms with Gasteiger partial charge in [0.25, 0.3) is 0 Å². The van der Waals surface area contributed by atoms with E-state index in [1.165, 1.54) is 6.33 Å². The molecule has 2 rings (SSSR count). The number of hydrazone groups is 1. The third kappa shape index (κ3) is 3.36. The quantitative estimate of drug-likeness (QED) is 0.513. The van der Waals surface area contributed by atoms with Crippen molar-refractivity contribution in [3.05, 3.63) is 41.3 Å². The first-order chi connectivity index (χ1) is 9.58. The highest BCUT2D eigenvalue weighted by Gasteiger charge is 2.03. The molecular weight excluding hydrogens is 276 g/mol. The van der Waals surface area contributed by atoms with Crippen molar-refractivity contribution in [1.29, 1.82) is 0 Å². The Kier molecular flexibility index (Phi) is 4.37. The minimum atomic E-state index is 0.202. The van der Waals surface area contributed by atoms with Gasteiger partial charge >= 0.3 is 0 Å². The fraction of sp³-hybridized carbons (Fsp3) is 0.154. The lowest BCUT2D eigenvalue weighted by atomic mass is 10.2. The highest BCUT2D eigenvalue weighted by atomic mass is 35.5. The van der Waals surface area contributed by atoms with Crippen LogP contribution in [0, 0.1) is 0 Å². The first-order valence-corrected chi connectivity index (χ1v) is 6.28. The maximum Gasteiger partial charge on any atom is 0.174 e. The molecule has 0 atom stereocenters. The van der Waals surface area contributed by atoms with Gasteiger partial charge < -0.3 is 10.6 Å². The van der Waals surface area contributed by atoms with E-state index in [9.17, 15) is 0 Å². The van der Waals surface area contributed by atoms with Crippen LogP contribution in [0.4, 0.5) is 17.2 Å². The standard InChI is InChI=1S/C13H15ClN6/c1-20(2)10-5-3-9(4-6-10)7-18-19-13-11(15)12(14)16-8-17-13/h3-8H,15H2,1-2H3,(H,16,17,19). The van der Waals surface area contributed by atoms with Gasteiger partial charge in [-0.25, -0.2) is 9.97 Å². The van der Waals surface area contributed by atoms with E-state index in [1.54, 1.807) is 6.21 Å². The summed E-state index contributed by atoms with van der Waals surface area (Å²) in [6.45, 7) is 0. The number of nitrogens with one attached hydrogen (secondary N) is 1. The number of nitrogens with zero attached hydrogens (tertiary/aromatic N) is 4. The third-order valence-electron chi connectivity index (χ3n) is 2.63. The van der Waals surface area contributed by atoms with Crippen molar-refractivity contribution < 1.29 is 0 Å². The van der Waals surface area contributed by atoms with Gasteiger partial charge in [-0.1, -0.05) is 23.7 Å². The van der Waals surface area contributed by atoms with Gasteiger partial charge in [-0.05, 0) is 17.7 Å². The van der Waals surface area contributed by atoms with Crippen LogP contribution in [0.5, 0.6) is 0 Å². The first kappa shape index (κ1) is 14.1. The summed E-state index contributed by atoms with van der Waals surface area (Å²) in [5, 5.41) is 4.27. The Bertz CT molecular complexity index is 609. The second-order valence-corrected chi connectivity index (χ2v) is 4.64. The minimum absolute atomic E-state index is 0.202. The predicted octanol–water partition coefficient (Wildman–Crippen LogP) is 2.22. The van der Waals surface area contributed by atoms with Crippen molar-refractivity contribution in [3.63, 3.8) is 0 Å². The molecule has 0 aliphatic carbocycles. The summed E-state index contributed by atoms with van der Waals surface area (Å²) in [6.07, 6.45) is 3.00. The Morgan fingerprint density at radius 3 is 2.60 bits per heavy atom. The number of benzene rings is 1. The molecule has 0 amide bonds. The van der Waals surface area contributed by atoms with E-state index in [4.69, 9.17) is 17.3 Å². The largest absolute Gasteiger partial charge is 0.393 e. The molecule has 0 saturated carbocycles. The average molecular weight is 291 g/mol. The number of anilines is 3. The number of nitrogens with two attached hydrogens (primary N) is 1. The van der Waals surface area contributed by atoms with Gasteiger partial charge in [0, 0.05) is 19.8 Å². The summed E-state index contributed by atoms with van der Waals surface area (Å²) in [6, 6.07) is 7.96. The summed E-state index contributed by atoms with van der Waals surface area (Å²) in [7, 11) is 3.98. The summed E-state index contributed by atoms with van der Waals surface area (Å²) in [4.78, 5) is 9.75. The van der Waals surface area contributed by atoms with Crippen LogP contribution in [-0.2, 0) is 0 Å². The smallest absolute Gasteiger partial charge is 0.174 e. The molecule has 104 valence electrons. The number of rotatable bonds is 4. The molecule has 1 aromatic heterocycles. The van der Waals surface area contributed by atoms with Crippen molar-refractivity contribution in [3.8, 4) is 0 Å². The lowest BCUT2D eigenvalue weighted by Crippen LogP contribution is -2.08. The Morgan fingerprint density at radius 1 is 1.25 bits per heavy atom. The maximum atomic E-state index is 5.78. The Balaban J connectivity index is 2.04. The highest BCUT2D eigenvalue weighted by Crippen LogP contribution is 2.21. The highest BCUT2D eigenvalue weighted by molar-refractivity contribution is 6.32. The molecule has 0 bridgehead atoms. The van der Waals surface area contributed by atoms with E-state index in [-0.39, 0.29) is 10.8 Å². The molecule has 7 heteroatoms. The number of hydrogen-bond donors (Lipinski definition) is 2. The lowest BCUT2D eigenvalue weighted by molar-refractivity contribution is 1.13. The van der Waals surface area contributed by atoms with Crippen LogP contribution in [0.2, 0.25) is 5.15 Å². The molecule has 1 heterocycles. The van der Waals surface area contributed by atoms with E-state index in [2.05, 4.69) is 20.5 Å². The normalized spacial score (nSPS) is 10.8. The number of aromatic nitrogens is 2. The maximum absolute atomic E-state index is 5.78. The second-order valence-electron chi connectivity index (χ2n) is 4.28. The van der Waals surface area contributed by atoms with Gasteiger partial charge in [0.15, 0.2) is 11.0 Å². The monoisotopic (exact) mass is 290 g/mol. The minimum Gasteiger partial charge on any atom is -0.393 e. The summed E-state index contributed by atoms with van der Waals surface area (Å²) < 4.78 is 0. The number of hydrogen-bond acceptors (Lipinski definition) is 6. The van der Waals surface area contributed by atoms with Crippen molar-refractivity contribution in [2.75, 3.05) is 30.2 Å². The Morgan fingerprint density at radius 2 is 1.95 bits per heavy atom. The third-order valence-corrected chi connectivity index (χ3v) is 2.93. The van der Waals surface area contributed by atoms with Crippen LogP contribution in [-0.4, -0.2) is 30.3 Å². The zero-order valence-corrected chi connectivity index (χ0v) is 12.0. The van der Waals surface area contributed by atoms with Crippen molar-refractivity contribution in [2.45, 2.75) is 0 Å². The van der Waals surface area contributed by atoms with Crippen LogP contribution in [0.15, 0.2) is 35.7 Å². The van der Waals surface area contributed by atoms with E-state index < -0.39 is 0 Å². The van der Waals surface area contributed by atoms with Crippen LogP contribution in [0.1, 0.15) is 5.56 Å². The molecule has 0 radical (unpaired) electrons. The first-order valence-electron chi connectivity index (χ1n) is 5.90. The topological polar surface area (TPSA) is 79.4 Å². The summed E-state index contributed by atoms with van der Waals surface area (Å²) in [5.74, 6) is 0.381. The summed E-state index contributed by atoms with van der Waals surface area (Å²) >= 11 is 5.78. The molecule has 0 aliphatic rings. The molecular formula is C13H15ClN6. The van der Waals surface area contributed by atoms with E-state index in [1.807, 2.05) is 43.3 Å². The molecule has 0 spiro atoms. The Hall–Kier alpha value is -2.34. The van der Waals surface area contributed by atoms with Gasteiger partial charge in [-0.2, -0.15) is 5.10 Å². The van der Waals surface area contributed by atoms with Gasteiger partial charge in [0.05, 0.1) is 6.21 Å². The number of nitrogen functional groups attached to an aromatic ring is 1. The zero-order chi connectivity index (χ0) is 14.5. The lowest BCUT2D eigenvalue weighted by Gasteiger charge is -2.11. The van der Waals surface area contributed by atoms with Gasteiger partial charge in [-0.3, -0.25) is 5.43 Å². The van der Waals surface area contributed by atoms with Crippen molar-refractivity contribution in [2.24, 2.45) is 5.10 Å². The molecule has 0 fully saturated rings. The molecule has 2 aromatic rings. The van der Waals surface area contributed by atoms with Crippen LogP contribution in [0.3, 0.4) is 0 Å². The summed E-state index contributed by atoms with van der Waals surface area (Å²) in [5.41, 5.74) is 10.8. The Labute approximate surface area is 122 Å². The predicted molar refractivity (Wildman–Crippen MR) is 83.4 cm³/mol. The molecule has 0 saturated heterocycles. The molecule has 6 nitrogen and oxygen atoms in total. The van der Waals surface area contributed by atoms with Gasteiger partial charge in [0.2, 0.25) is 0 Å². The van der Waals surface area contributed by atoms with Crippen molar-refractivity contribution >= 4 is 35.0 Å². The van der Waals surface area contributed by atoms with Crippen LogP contribution in [0.25, 0.3) is 0 Å². The molecule has 3 N–H and O–H groups in total. The number of halogens is 1. The van der Waals surface area contributed by atoms with E-state index in [0.29, 0.717) is 5.82 Å². The van der Waals surface area contributed by atoms with Crippen LogP contribution < -0.4 is 16.1 Å². The fourth-order valence-corrected chi connectivity index (χ4v) is 1.62. The second kappa shape index (κ2) is 6.21. The fourth-order valence-electron chi connectivity index (χ4n) is 1.49. The average Bonchev–Trinajstić information content (AvgIpc) is 2.44. The van der Waals surface area contributed by atoms with Gasteiger partial charge in [-0.15, -0.1) is 0 Å². The molecule has 0 aliphatic heterocycles. The van der Waals surface area contributed by atoms with E-state index >= 15 is 0 Å². The van der Waals surface area contributed by atoms with Crippen LogP contribution >= 0.6 is 11.6 Å². The molecule has 0 unspecified atom stereocenters. The molecule has 20 heavy (non-hydrogen) atoms. The van der Waals surface area contributed by atoms with Gasteiger partial charge in [0.1, 0.15) is 12.0 Å². The van der Waals surface area contributed by atoms with E-state index in [0.717, 1.165) is 11.3 Å². The van der Waals surface area contributed by atoms with Crippen molar-refractivity contribution in [1.82, 2.24) is 9.97 Å². The zero-order valence-electron chi connectivity index (χ0n) is 11.2. The molecule has 1 aromatic carbocycles.